The molecule has 9 heterocycles. The van der Waals surface area contributed by atoms with Gasteiger partial charge < -0.3 is 55.5 Å². The number of Topliss-reactive ketones (excluding diaryl/α,β-unsaturated/α-hetero) is 1. The zero-order valence-corrected chi connectivity index (χ0v) is 84.7. The normalized spacial score (nSPS) is 10.2. The van der Waals surface area contributed by atoms with Gasteiger partial charge in [0.2, 0.25) is 32.7 Å². The van der Waals surface area contributed by atoms with Crippen LogP contribution < -0.4 is 64.2 Å². The molecule has 0 atom stereocenters. The first-order chi connectivity index (χ1) is 67.0. The monoisotopic (exact) mass is 2230 g/mol. The van der Waals surface area contributed by atoms with E-state index in [1.165, 1.54) is 153 Å². The van der Waals surface area contributed by atoms with Crippen LogP contribution in [0.1, 0.15) is 89.8 Å². The summed E-state index contributed by atoms with van der Waals surface area (Å²) in [5.41, 5.74) is 15.7. The first kappa shape index (κ1) is 126. The zero-order chi connectivity index (χ0) is 106. The maximum Gasteiger partial charge on any atom is 0.354 e. The number of hydrazine groups is 3. The Bertz CT molecular complexity index is 6030. The van der Waals surface area contributed by atoms with Crippen molar-refractivity contribution in [2.24, 2.45) is 33.4 Å². The number of aliphatic carboxylic acids is 1. The number of methoxy groups -OCH3 is 5. The summed E-state index contributed by atoms with van der Waals surface area (Å²) < 4.78 is 29.2. The number of nitrogens with one attached hydrogen (secondary N) is 3. The third-order valence-electron chi connectivity index (χ3n) is 14.5. The Labute approximate surface area is 868 Å². The molecule has 746 valence electrons. The summed E-state index contributed by atoms with van der Waals surface area (Å²) >= 11 is 59.5. The number of carbonyl (C=O) groups excluding carboxylic acids is 6. The van der Waals surface area contributed by atoms with Crippen molar-refractivity contribution in [3.63, 3.8) is 0 Å². The fraction of sp³-hybridized carbons (Fsp3) is 0.0833. The van der Waals surface area contributed by atoms with Gasteiger partial charge in [-0.3, -0.25) is 41.1 Å². The Hall–Kier alpha value is -13.2. The zero-order valence-electron chi connectivity index (χ0n) is 73.2. The molecule has 13 aromatic rings. The Morgan fingerprint density at radius 3 is 1.13 bits per heavy atom. The summed E-state index contributed by atoms with van der Waals surface area (Å²) in [7, 11) is 14.5. The Kier molecular flexibility index (Phi) is 64.3. The maximum atomic E-state index is 11.8. The topological polar surface area (TPSA) is 649 Å². The second-order valence-electron chi connectivity index (χ2n) is 23.9. The molecule has 0 radical (unpaired) electrons. The van der Waals surface area contributed by atoms with Gasteiger partial charge in [-0.15, -0.1) is 0 Å². The first-order valence-corrected chi connectivity index (χ1v) is 49.4. The van der Waals surface area contributed by atoms with Crippen LogP contribution in [-0.2, 0) is 30.0 Å². The van der Waals surface area contributed by atoms with Gasteiger partial charge in [0, 0.05) is 130 Å². The van der Waals surface area contributed by atoms with Crippen molar-refractivity contribution in [2.75, 3.05) is 47.8 Å². The fourth-order valence-corrected chi connectivity index (χ4v) is 9.36. The van der Waals surface area contributed by atoms with Crippen LogP contribution in [-0.4, -0.2) is 195 Å². The van der Waals surface area contributed by atoms with Crippen LogP contribution in [0.4, 0.5) is 17.1 Å². The predicted molar refractivity (Wildman–Crippen MR) is 543 cm³/mol. The van der Waals surface area contributed by atoms with Gasteiger partial charge >= 0.3 is 83.4 Å². The number of amides is 2. The molecule has 0 saturated heterocycles. The number of carboxylic acid groups (broad SMARTS) is 3. The van der Waals surface area contributed by atoms with Gasteiger partial charge in [-0.05, 0) is 120 Å². The smallest absolute Gasteiger partial charge is 0.354 e. The third kappa shape index (κ3) is 59.1. The van der Waals surface area contributed by atoms with Crippen molar-refractivity contribution < 1.29 is 86.4 Å². The van der Waals surface area contributed by atoms with Gasteiger partial charge in [-0.25, -0.2) is 115 Å². The van der Waals surface area contributed by atoms with Crippen LogP contribution in [0, 0.1) is 0 Å². The summed E-state index contributed by atoms with van der Waals surface area (Å²) in [6.07, 6.45) is 21.9. The number of carboxylic acids is 3. The van der Waals surface area contributed by atoms with Crippen LogP contribution in [0.2, 0.25) is 20.1 Å². The van der Waals surface area contributed by atoms with Gasteiger partial charge in [0.1, 0.15) is 54.4 Å². The van der Waals surface area contributed by atoms with Crippen LogP contribution in [0.3, 0.4) is 0 Å². The number of rotatable bonds is 21. The van der Waals surface area contributed by atoms with E-state index >= 15 is 0 Å². The van der Waals surface area contributed by atoms with Crippen molar-refractivity contribution in [1.82, 2.24) is 85.9 Å². The molecular weight excluding hydrogens is 2160 g/mol. The van der Waals surface area contributed by atoms with E-state index in [-0.39, 0.29) is 52.7 Å². The number of nitrogens with two attached hydrogens (primary N) is 5. The van der Waals surface area contributed by atoms with Gasteiger partial charge in [-0.1, -0.05) is 113 Å². The maximum absolute atomic E-state index is 11.8. The number of hydrogen-bond acceptors (Lipinski definition) is 36. The largest absolute Gasteiger partial charge is 0.477 e. The molecule has 13 rings (SSSR count). The van der Waals surface area contributed by atoms with E-state index in [0.29, 0.717) is 100 Å². The summed E-state index contributed by atoms with van der Waals surface area (Å²) in [4.78, 5) is 159. The van der Waals surface area contributed by atoms with Crippen LogP contribution >= 0.6 is 151 Å². The number of aromatic nitrogens is 14. The number of nitrogen functional groups attached to an aromatic ring is 2. The van der Waals surface area contributed by atoms with E-state index in [1.807, 2.05) is 60.0 Å². The molecule has 42 nitrogen and oxygen atoms in total. The SMILES string of the molecule is COC(=O)c1ccnc(OC)c1.COc1cc(C(=O)NCC(=O)/C=C\C(=O)O)ccn1.COc1cc(C(=O)NN)ccn1.COc1cc(C(=O)O)ccn1.ClC(=Nc1ccccc1Cl)c1ccncn1.ClP(Cl)(Cl)(Cl)Cl.NN.NNC(=Nc1ccccc1Cl)c1ccncn1.Nc1ccccc1Cl.O=C(Cc1ccccc1Cl)c1ccncn1.O=C(Cl)c1ccncn1.O=C(O)c1ccncn1.O=S(Cl)Cl. The average molecular weight is 2240 g/mol. The molecule has 0 fully saturated rings. The molecule has 57 heteroatoms. The number of hydrogen-bond donors (Lipinski definition) is 11. The van der Waals surface area contributed by atoms with Crippen molar-refractivity contribution in [3.8, 4) is 23.5 Å². The van der Waals surface area contributed by atoms with Gasteiger partial charge in [0.25, 0.3) is 17.1 Å². The number of aromatic carboxylic acids is 2. The molecule has 0 unspecified atom stereocenters. The number of ether oxygens (including phenoxy) is 5. The molecule has 0 spiro atoms. The summed E-state index contributed by atoms with van der Waals surface area (Å²) in [5, 5.41) is 29.6. The number of para-hydroxylation sites is 3. The summed E-state index contributed by atoms with van der Waals surface area (Å²) in [6.45, 7) is -0.284. The first-order valence-electron chi connectivity index (χ1n) is 37.6. The van der Waals surface area contributed by atoms with E-state index in [4.69, 9.17) is 182 Å². The minimum absolute atomic E-state index is 0.0185. The Morgan fingerprint density at radius 1 is 0.426 bits per heavy atom. The second-order valence-corrected chi connectivity index (χ2v) is 45.4. The van der Waals surface area contributed by atoms with E-state index in [2.05, 4.69) is 128 Å². The molecule has 0 bridgehead atoms. The average Bonchev–Trinajstić information content (AvgIpc) is 0.866. The van der Waals surface area contributed by atoms with E-state index in [1.54, 1.807) is 91.4 Å². The minimum atomic E-state index is -3.69. The van der Waals surface area contributed by atoms with Crippen molar-refractivity contribution >= 4 is 240 Å². The second kappa shape index (κ2) is 72.1. The molecule has 9 aromatic heterocycles. The Morgan fingerprint density at radius 2 is 0.787 bits per heavy atom. The van der Waals surface area contributed by atoms with E-state index in [0.717, 1.165) is 11.6 Å². The van der Waals surface area contributed by atoms with Crippen LogP contribution in [0.25, 0.3) is 0 Å². The van der Waals surface area contributed by atoms with Gasteiger partial charge in [0.15, 0.2) is 28.3 Å². The molecule has 0 aliphatic carbocycles. The number of carbonyl (C=O) groups is 9. The molecule has 16 N–H and O–H groups in total. The molecule has 0 saturated carbocycles. The van der Waals surface area contributed by atoms with Crippen LogP contribution in [0.15, 0.2) is 285 Å². The molecule has 2 amide bonds. The fourth-order valence-electron chi connectivity index (χ4n) is 8.36. The van der Waals surface area contributed by atoms with E-state index < -0.39 is 53.4 Å². The molecule has 4 aromatic carbocycles. The number of nitrogens with zero attached hydrogens (tertiary/aromatic N) is 16. The number of pyridine rings is 4. The number of ketones is 2. The molecule has 0 aliphatic rings. The summed E-state index contributed by atoms with van der Waals surface area (Å²) in [6, 6.07) is 48.5. The minimum Gasteiger partial charge on any atom is -0.477 e. The van der Waals surface area contributed by atoms with Gasteiger partial charge in [0.05, 0.1) is 85.4 Å². The molecule has 0 aliphatic heterocycles. The van der Waals surface area contributed by atoms with Crippen molar-refractivity contribution in [2.45, 2.75) is 6.42 Å². The Balaban J connectivity index is 0.000000780. The van der Waals surface area contributed by atoms with E-state index in [9.17, 15) is 43.2 Å². The molecular formula is C84H80Cl13N24O18PS. The quantitative estimate of drug-likeness (QED) is 0.00272. The van der Waals surface area contributed by atoms with Crippen LogP contribution in [0.5, 0.6) is 23.5 Å². The van der Waals surface area contributed by atoms with Crippen molar-refractivity contribution in [3.05, 3.63) is 352 Å². The third-order valence-corrected chi connectivity index (χ3v) is 16.3. The summed E-state index contributed by atoms with van der Waals surface area (Å²) in [5.74, 6) is 15.1. The number of anilines is 1. The standard InChI is InChI=1S/C12H9ClN2O.C12H12N2O5.C11H7Cl2N3.C11H10ClN5.C8H9NO3.C7H9N3O2.C7H7NO3.C6H6ClN.C5H3ClN2O.C5H4N2O2.Cl5P.Cl2OS.H4N2/c13-10-4-2-1-3-9(10)7-12(16)11-5-6-14-8-15-11;1-19-10-6-8(4-5-13-10)12(18)14-7-9(15)2-3-11(16)17;12-8-3-1-2-4-9(8)16-11(13)10-5-6-14-7-15-10;12-8-3-1-2-4-9(8)16-11(17-13)10-5-6-14-7-15-10;1-11-7-5-6(3-4-9-7)8(10)12-2;1-12-6-4-5(2-3-9-6)7(11)10-8;1-11-6-4-5(7(9)10)2-3-8-6;7-5-3-1-2-4-6(5)8;6-5(9)4-1-2-7-3-8-4;8-5(9)4-1-2-6-3-7-4;1-6(2,3,4)5;1-4(2)3;1-2/h1-6,8H,7H2;2-6H,7H2,1H3,(H,14,18)(H,16,17);1-7H;1-7H,13H2,(H,16,17);3-5H,1-2H3;2-4H,8H2,1H3,(H,10,11);2-4H,1H3,(H,9,10);1-4H,8H2;1-3H;1-3H,(H,8,9);;;1-2H2/b;3-2-;;;;;;;;;;;. The number of halogens is 13. The number of esters is 1. The molecule has 141 heavy (non-hydrogen) atoms. The van der Waals surface area contributed by atoms with Gasteiger partial charge in [-0.2, -0.15) is 0 Å². The number of benzene rings is 4. The van der Waals surface area contributed by atoms with Crippen molar-refractivity contribution in [1.29, 1.82) is 0 Å². The number of amidine groups is 1. The number of aliphatic imine (C=N–C) groups is 2. The predicted octanol–water partition coefficient (Wildman–Crippen LogP) is 16.2.